The summed E-state index contributed by atoms with van der Waals surface area (Å²) in [5, 5.41) is 5.37. The first-order chi connectivity index (χ1) is 12.8. The molecule has 1 aliphatic carbocycles. The first kappa shape index (κ1) is 17.4. The molecule has 0 unspecified atom stereocenters. The van der Waals surface area contributed by atoms with E-state index in [9.17, 15) is 4.79 Å². The Balaban J connectivity index is 1.34. The van der Waals surface area contributed by atoms with Crippen LogP contribution in [0.3, 0.4) is 0 Å². The zero-order valence-corrected chi connectivity index (χ0v) is 15.8. The van der Waals surface area contributed by atoms with Crippen molar-refractivity contribution in [3.63, 3.8) is 0 Å². The van der Waals surface area contributed by atoms with Crippen molar-refractivity contribution >= 4 is 22.9 Å². The second-order valence-electron chi connectivity index (χ2n) is 7.17. The van der Waals surface area contributed by atoms with Crippen LogP contribution in [-0.4, -0.2) is 30.0 Å². The Kier molecular flexibility index (Phi) is 5.44. The number of ether oxygens (including phenoxy) is 1. The minimum Gasteiger partial charge on any atom is -0.490 e. The molecule has 1 N–H and O–H groups in total. The topological polar surface area (TPSA) is 41.6 Å². The van der Waals surface area contributed by atoms with E-state index in [1.54, 1.807) is 11.3 Å². The Labute approximate surface area is 159 Å². The molecule has 1 atom stereocenters. The van der Waals surface area contributed by atoms with E-state index in [0.29, 0.717) is 12.6 Å². The third-order valence-electron chi connectivity index (χ3n) is 5.33. The number of carbonyl (C=O) groups excluding carboxylic acids is 1. The van der Waals surface area contributed by atoms with E-state index in [-0.39, 0.29) is 11.9 Å². The summed E-state index contributed by atoms with van der Waals surface area (Å²) in [4.78, 5) is 16.0. The molecule has 0 spiro atoms. The van der Waals surface area contributed by atoms with E-state index in [2.05, 4.69) is 22.8 Å². The van der Waals surface area contributed by atoms with Crippen LogP contribution in [0.25, 0.3) is 0 Å². The number of likely N-dealkylation sites (tertiary alicyclic amines) is 1. The number of carbonyl (C=O) groups is 1. The van der Waals surface area contributed by atoms with Gasteiger partial charge in [0.05, 0.1) is 18.7 Å². The molecular formula is C21H26N2O2S. The van der Waals surface area contributed by atoms with Gasteiger partial charge in [-0.3, -0.25) is 4.79 Å². The first-order valence-corrected chi connectivity index (χ1v) is 10.5. The lowest BCUT2D eigenvalue weighted by atomic mass is 10.2. The fourth-order valence-corrected chi connectivity index (χ4v) is 4.87. The lowest BCUT2D eigenvalue weighted by Crippen LogP contribution is -2.34. The van der Waals surface area contributed by atoms with Crippen LogP contribution in [0.5, 0.6) is 5.75 Å². The molecule has 1 aromatic carbocycles. The third-order valence-corrected chi connectivity index (χ3v) is 6.30. The van der Waals surface area contributed by atoms with E-state index < -0.39 is 0 Å². The minimum atomic E-state index is 0.169. The lowest BCUT2D eigenvalue weighted by Gasteiger charge is -2.24. The quantitative estimate of drug-likeness (QED) is 0.791. The minimum absolute atomic E-state index is 0.169. The van der Waals surface area contributed by atoms with E-state index in [1.807, 2.05) is 29.2 Å². The average Bonchev–Trinajstić information content (AvgIpc) is 3.41. The summed E-state index contributed by atoms with van der Waals surface area (Å²) in [7, 11) is 0. The number of hydrogen-bond donors (Lipinski definition) is 1. The second-order valence-corrected chi connectivity index (χ2v) is 8.15. The fourth-order valence-electron chi connectivity index (χ4n) is 4.00. The Bertz CT molecular complexity index is 725. The molecule has 1 saturated heterocycles. The van der Waals surface area contributed by atoms with Gasteiger partial charge in [-0.15, -0.1) is 11.3 Å². The summed E-state index contributed by atoms with van der Waals surface area (Å²) in [6.07, 6.45) is 7.32. The molecule has 5 heteroatoms. The molecule has 0 radical (unpaired) electrons. The molecule has 1 aromatic heterocycles. The molecule has 26 heavy (non-hydrogen) atoms. The number of amides is 1. The van der Waals surface area contributed by atoms with Crippen molar-refractivity contribution in [3.8, 4) is 5.75 Å². The molecular weight excluding hydrogens is 344 g/mol. The number of nitrogens with one attached hydrogen (secondary N) is 1. The summed E-state index contributed by atoms with van der Waals surface area (Å²) in [5.41, 5.74) is 0.945. The van der Waals surface area contributed by atoms with Crippen LogP contribution in [0, 0.1) is 0 Å². The smallest absolute Gasteiger partial charge is 0.242 e. The van der Waals surface area contributed by atoms with Crippen molar-refractivity contribution < 1.29 is 9.53 Å². The van der Waals surface area contributed by atoms with Gasteiger partial charge in [0, 0.05) is 23.2 Å². The van der Waals surface area contributed by atoms with Crippen molar-refractivity contribution in [1.82, 2.24) is 4.90 Å². The molecule has 2 heterocycles. The highest BCUT2D eigenvalue weighted by Gasteiger charge is 2.30. The molecule has 1 saturated carbocycles. The van der Waals surface area contributed by atoms with E-state index >= 15 is 0 Å². The summed E-state index contributed by atoms with van der Waals surface area (Å²) in [6.45, 7) is 1.18. The highest BCUT2D eigenvalue weighted by atomic mass is 32.1. The molecule has 138 valence electrons. The van der Waals surface area contributed by atoms with Gasteiger partial charge >= 0.3 is 0 Å². The van der Waals surface area contributed by atoms with Crippen molar-refractivity contribution in [1.29, 1.82) is 0 Å². The van der Waals surface area contributed by atoms with Gasteiger partial charge in [-0.25, -0.2) is 0 Å². The van der Waals surface area contributed by atoms with Crippen LogP contribution < -0.4 is 10.1 Å². The van der Waals surface area contributed by atoms with Crippen LogP contribution in [0.2, 0.25) is 0 Å². The highest BCUT2D eigenvalue weighted by molar-refractivity contribution is 7.10. The molecule has 2 aliphatic rings. The van der Waals surface area contributed by atoms with Crippen LogP contribution >= 0.6 is 11.3 Å². The van der Waals surface area contributed by atoms with Crippen LogP contribution in [0.15, 0.2) is 41.8 Å². The predicted octanol–water partition coefficient (Wildman–Crippen LogP) is 4.85. The Hall–Kier alpha value is -2.01. The number of hydrogen-bond acceptors (Lipinski definition) is 4. The standard InChI is InChI=1S/C21H26N2O2S/c24-21(23-12-4-10-19(23)20-11-5-13-26-20)15-22-16-6-3-9-18(14-16)25-17-7-1-2-8-17/h3,5-6,9,11,13-14,17,19,22H,1-2,4,7-8,10,12,15H2/t19-/m1/s1. The molecule has 1 amide bonds. The number of benzene rings is 1. The van der Waals surface area contributed by atoms with E-state index in [0.717, 1.165) is 43.7 Å². The van der Waals surface area contributed by atoms with Gasteiger partial charge in [-0.05, 0) is 62.1 Å². The number of rotatable bonds is 6. The Morgan fingerprint density at radius 2 is 2.04 bits per heavy atom. The maximum atomic E-state index is 12.7. The van der Waals surface area contributed by atoms with Gasteiger partial charge in [0.25, 0.3) is 0 Å². The monoisotopic (exact) mass is 370 g/mol. The SMILES string of the molecule is O=C(CNc1cccc(OC2CCCC2)c1)N1CCC[C@@H]1c1cccs1. The maximum Gasteiger partial charge on any atom is 0.242 e. The number of nitrogens with zero attached hydrogens (tertiary/aromatic N) is 1. The summed E-state index contributed by atoms with van der Waals surface area (Å²) >= 11 is 1.74. The van der Waals surface area contributed by atoms with Crippen molar-refractivity contribution in [2.24, 2.45) is 0 Å². The molecule has 2 fully saturated rings. The molecule has 2 aromatic rings. The van der Waals surface area contributed by atoms with Crippen molar-refractivity contribution in [3.05, 3.63) is 46.7 Å². The Morgan fingerprint density at radius 1 is 1.15 bits per heavy atom. The normalized spacial score (nSPS) is 20.5. The summed E-state index contributed by atoms with van der Waals surface area (Å²) < 4.78 is 6.05. The largest absolute Gasteiger partial charge is 0.490 e. The highest BCUT2D eigenvalue weighted by Crippen LogP contribution is 2.34. The van der Waals surface area contributed by atoms with Gasteiger partial charge in [0.15, 0.2) is 0 Å². The van der Waals surface area contributed by atoms with Gasteiger partial charge in [-0.2, -0.15) is 0 Å². The molecule has 4 rings (SSSR count). The molecule has 1 aliphatic heterocycles. The van der Waals surface area contributed by atoms with Gasteiger partial charge in [0.1, 0.15) is 5.75 Å². The van der Waals surface area contributed by atoms with Crippen LogP contribution in [0.1, 0.15) is 49.4 Å². The Morgan fingerprint density at radius 3 is 2.85 bits per heavy atom. The van der Waals surface area contributed by atoms with Gasteiger partial charge in [0.2, 0.25) is 5.91 Å². The number of thiophene rings is 1. The molecule has 0 bridgehead atoms. The van der Waals surface area contributed by atoms with Gasteiger partial charge in [-0.1, -0.05) is 12.1 Å². The summed E-state index contributed by atoms with van der Waals surface area (Å²) in [6, 6.07) is 12.4. The average molecular weight is 371 g/mol. The zero-order valence-electron chi connectivity index (χ0n) is 15.0. The first-order valence-electron chi connectivity index (χ1n) is 9.63. The van der Waals surface area contributed by atoms with E-state index in [1.165, 1.54) is 17.7 Å². The maximum absolute atomic E-state index is 12.7. The van der Waals surface area contributed by atoms with E-state index in [4.69, 9.17) is 4.74 Å². The van der Waals surface area contributed by atoms with Crippen LogP contribution in [-0.2, 0) is 4.79 Å². The second kappa shape index (κ2) is 8.12. The predicted molar refractivity (Wildman–Crippen MR) is 106 cm³/mol. The van der Waals surface area contributed by atoms with Crippen molar-refractivity contribution in [2.45, 2.75) is 50.7 Å². The fraction of sp³-hybridized carbons (Fsp3) is 0.476. The van der Waals surface area contributed by atoms with Gasteiger partial charge < -0.3 is 15.0 Å². The third kappa shape index (κ3) is 4.04. The lowest BCUT2D eigenvalue weighted by molar-refractivity contribution is -0.130. The number of anilines is 1. The zero-order chi connectivity index (χ0) is 17.8. The van der Waals surface area contributed by atoms with Crippen molar-refractivity contribution in [2.75, 3.05) is 18.4 Å². The summed E-state index contributed by atoms with van der Waals surface area (Å²) in [5.74, 6) is 1.06. The molecule has 4 nitrogen and oxygen atoms in total. The van der Waals surface area contributed by atoms with Crippen LogP contribution in [0.4, 0.5) is 5.69 Å².